The van der Waals surface area contributed by atoms with E-state index in [-0.39, 0.29) is 6.10 Å². The number of fused-ring (bicyclic) bond motifs is 1. The molecule has 0 spiro atoms. The van der Waals surface area contributed by atoms with Gasteiger partial charge in [-0.1, -0.05) is 32.0 Å². The van der Waals surface area contributed by atoms with Gasteiger partial charge in [0.1, 0.15) is 11.9 Å². The Bertz CT molecular complexity index is 273. The largest absolute Gasteiger partial charge is 0.489 e. The number of rotatable bonds is 1. The molecule has 1 atom stereocenters. The molecule has 14 heavy (non-hydrogen) atoms. The summed E-state index contributed by atoms with van der Waals surface area (Å²) < 4.78 is 5.66. The van der Waals surface area contributed by atoms with Gasteiger partial charge in [-0.2, -0.15) is 0 Å². The van der Waals surface area contributed by atoms with Crippen molar-refractivity contribution >= 4 is 0 Å². The van der Waals surface area contributed by atoms with Crippen LogP contribution in [-0.2, 0) is 6.42 Å². The van der Waals surface area contributed by atoms with Crippen molar-refractivity contribution < 1.29 is 4.74 Å². The zero-order chi connectivity index (χ0) is 10.4. The maximum atomic E-state index is 5.66. The van der Waals surface area contributed by atoms with E-state index in [4.69, 9.17) is 10.5 Å². The van der Waals surface area contributed by atoms with Gasteiger partial charge in [-0.25, -0.2) is 0 Å². The van der Waals surface area contributed by atoms with Crippen LogP contribution in [-0.4, -0.2) is 12.6 Å². The molecular weight excluding hydrogens is 174 g/mol. The monoisotopic (exact) mass is 193 g/mol. The van der Waals surface area contributed by atoms with E-state index in [2.05, 4.69) is 6.07 Å². The van der Waals surface area contributed by atoms with Gasteiger partial charge in [-0.15, -0.1) is 0 Å². The lowest BCUT2D eigenvalue weighted by molar-refractivity contribution is 0.181. The Kier molecular flexibility index (Phi) is 4.47. The van der Waals surface area contributed by atoms with E-state index < -0.39 is 0 Å². The zero-order valence-corrected chi connectivity index (χ0v) is 8.99. The highest BCUT2D eigenvalue weighted by atomic mass is 16.5. The molecule has 0 radical (unpaired) electrons. The van der Waals surface area contributed by atoms with Gasteiger partial charge >= 0.3 is 0 Å². The topological polar surface area (TPSA) is 35.2 Å². The summed E-state index contributed by atoms with van der Waals surface area (Å²) in [4.78, 5) is 0. The van der Waals surface area contributed by atoms with E-state index >= 15 is 0 Å². The highest BCUT2D eigenvalue weighted by molar-refractivity contribution is 5.35. The summed E-state index contributed by atoms with van der Waals surface area (Å²) in [5, 5.41) is 0. The maximum absolute atomic E-state index is 5.66. The third-order valence-electron chi connectivity index (χ3n) is 2.26. The second-order valence-electron chi connectivity index (χ2n) is 3.12. The number of benzene rings is 1. The lowest BCUT2D eigenvalue weighted by Crippen LogP contribution is -2.30. The highest BCUT2D eigenvalue weighted by Crippen LogP contribution is 2.26. The van der Waals surface area contributed by atoms with Gasteiger partial charge < -0.3 is 10.5 Å². The van der Waals surface area contributed by atoms with Crippen molar-refractivity contribution in [3.8, 4) is 5.75 Å². The first-order valence-corrected chi connectivity index (χ1v) is 5.35. The van der Waals surface area contributed by atoms with Crippen molar-refractivity contribution in [2.45, 2.75) is 32.8 Å². The van der Waals surface area contributed by atoms with E-state index in [1.807, 2.05) is 32.0 Å². The van der Waals surface area contributed by atoms with Gasteiger partial charge in [0, 0.05) is 6.54 Å². The summed E-state index contributed by atoms with van der Waals surface area (Å²) in [6.07, 6.45) is 2.37. The average Bonchev–Trinajstić information content (AvgIpc) is 2.31. The number of hydrogen-bond donors (Lipinski definition) is 1. The molecule has 0 amide bonds. The second kappa shape index (κ2) is 5.66. The molecule has 0 saturated heterocycles. The van der Waals surface area contributed by atoms with Crippen molar-refractivity contribution in [2.75, 3.05) is 6.54 Å². The molecule has 1 aromatic rings. The van der Waals surface area contributed by atoms with Crippen LogP contribution >= 0.6 is 0 Å². The summed E-state index contributed by atoms with van der Waals surface area (Å²) in [6.45, 7) is 4.62. The summed E-state index contributed by atoms with van der Waals surface area (Å²) in [7, 11) is 0. The summed E-state index contributed by atoms with van der Waals surface area (Å²) in [5.74, 6) is 1.01. The van der Waals surface area contributed by atoms with Crippen LogP contribution in [0.2, 0.25) is 0 Å². The van der Waals surface area contributed by atoms with Crippen LogP contribution in [0.1, 0.15) is 25.8 Å². The third-order valence-corrected chi connectivity index (χ3v) is 2.26. The molecule has 2 heteroatoms. The minimum Gasteiger partial charge on any atom is -0.489 e. The molecule has 0 aromatic heterocycles. The Morgan fingerprint density at radius 3 is 2.79 bits per heavy atom. The van der Waals surface area contributed by atoms with Gasteiger partial charge in [0.05, 0.1) is 0 Å². The molecule has 0 aliphatic carbocycles. The molecule has 1 aliphatic heterocycles. The molecule has 1 aliphatic rings. The van der Waals surface area contributed by atoms with E-state index in [9.17, 15) is 0 Å². The summed E-state index contributed by atoms with van der Waals surface area (Å²) in [6, 6.07) is 8.17. The van der Waals surface area contributed by atoms with Crippen molar-refractivity contribution in [1.29, 1.82) is 0 Å². The highest BCUT2D eigenvalue weighted by Gasteiger charge is 2.16. The fourth-order valence-electron chi connectivity index (χ4n) is 1.55. The Morgan fingerprint density at radius 1 is 1.36 bits per heavy atom. The Labute approximate surface area is 86.1 Å². The van der Waals surface area contributed by atoms with Crippen LogP contribution in [0.4, 0.5) is 0 Å². The average molecular weight is 193 g/mol. The van der Waals surface area contributed by atoms with Crippen LogP contribution in [0.25, 0.3) is 0 Å². The standard InChI is InChI=1S/C10H13NO.C2H6/c11-7-9-6-5-8-3-1-2-4-10(8)12-9;1-2/h1-4,9H,5-7,11H2;1-2H3. The van der Waals surface area contributed by atoms with Gasteiger partial charge in [0.25, 0.3) is 0 Å². The maximum Gasteiger partial charge on any atom is 0.122 e. The van der Waals surface area contributed by atoms with Gasteiger partial charge in [-0.05, 0) is 24.5 Å². The number of nitrogens with two attached hydrogens (primary N) is 1. The smallest absolute Gasteiger partial charge is 0.122 e. The third kappa shape index (κ3) is 2.48. The number of aryl methyl sites for hydroxylation is 1. The molecule has 2 rings (SSSR count). The number of ether oxygens (including phenoxy) is 1. The van der Waals surface area contributed by atoms with Gasteiger partial charge in [0.2, 0.25) is 0 Å². The molecule has 0 bridgehead atoms. The molecule has 0 fully saturated rings. The molecule has 1 aromatic carbocycles. The Balaban J connectivity index is 0.000000461. The first-order chi connectivity index (χ1) is 6.90. The van der Waals surface area contributed by atoms with Crippen LogP contribution in [0.5, 0.6) is 5.75 Å². The summed E-state index contributed by atoms with van der Waals surface area (Å²) in [5.41, 5.74) is 6.84. The van der Waals surface area contributed by atoms with E-state index in [1.54, 1.807) is 0 Å². The normalized spacial score (nSPS) is 18.6. The predicted molar refractivity (Wildman–Crippen MR) is 59.6 cm³/mol. The molecule has 78 valence electrons. The molecule has 1 heterocycles. The Hall–Kier alpha value is -1.02. The zero-order valence-electron chi connectivity index (χ0n) is 8.99. The van der Waals surface area contributed by atoms with E-state index in [0.29, 0.717) is 6.54 Å². The van der Waals surface area contributed by atoms with Crippen LogP contribution in [0.15, 0.2) is 24.3 Å². The number of hydrogen-bond acceptors (Lipinski definition) is 2. The molecule has 1 unspecified atom stereocenters. The molecular formula is C12H19NO. The number of para-hydroxylation sites is 1. The Morgan fingerprint density at radius 2 is 2.07 bits per heavy atom. The fraction of sp³-hybridized carbons (Fsp3) is 0.500. The predicted octanol–water partition coefficient (Wildman–Crippen LogP) is 2.37. The van der Waals surface area contributed by atoms with Gasteiger partial charge in [0.15, 0.2) is 0 Å². The second-order valence-corrected chi connectivity index (χ2v) is 3.12. The van der Waals surface area contributed by atoms with Crippen molar-refractivity contribution in [3.05, 3.63) is 29.8 Å². The van der Waals surface area contributed by atoms with Crippen LogP contribution < -0.4 is 10.5 Å². The quantitative estimate of drug-likeness (QED) is 0.743. The molecule has 2 nitrogen and oxygen atoms in total. The SMILES string of the molecule is CC.NCC1CCc2ccccc2O1. The van der Waals surface area contributed by atoms with E-state index in [1.165, 1.54) is 5.56 Å². The minimum atomic E-state index is 0.222. The molecule has 2 N–H and O–H groups in total. The fourth-order valence-corrected chi connectivity index (χ4v) is 1.55. The lowest BCUT2D eigenvalue weighted by Gasteiger charge is -2.24. The minimum absolute atomic E-state index is 0.222. The first kappa shape index (κ1) is 11.1. The lowest BCUT2D eigenvalue weighted by atomic mass is 10.0. The van der Waals surface area contributed by atoms with Crippen molar-refractivity contribution in [1.82, 2.24) is 0 Å². The van der Waals surface area contributed by atoms with E-state index in [0.717, 1.165) is 18.6 Å². The van der Waals surface area contributed by atoms with Crippen LogP contribution in [0.3, 0.4) is 0 Å². The molecule has 0 saturated carbocycles. The summed E-state index contributed by atoms with van der Waals surface area (Å²) >= 11 is 0. The van der Waals surface area contributed by atoms with Gasteiger partial charge in [-0.3, -0.25) is 0 Å². The van der Waals surface area contributed by atoms with Crippen molar-refractivity contribution in [2.24, 2.45) is 5.73 Å². The van der Waals surface area contributed by atoms with Crippen LogP contribution in [0, 0.1) is 0 Å². The van der Waals surface area contributed by atoms with Crippen molar-refractivity contribution in [3.63, 3.8) is 0 Å². The first-order valence-electron chi connectivity index (χ1n) is 5.35.